The Morgan fingerprint density at radius 3 is 2.43 bits per heavy atom. The van der Waals surface area contributed by atoms with Gasteiger partial charge < -0.3 is 0 Å². The van der Waals surface area contributed by atoms with Crippen LogP contribution in [0.4, 0.5) is 0 Å². The molecule has 1 aliphatic rings. The highest BCUT2D eigenvalue weighted by atomic mass is 35.7. The summed E-state index contributed by atoms with van der Waals surface area (Å²) in [7, 11) is -2.43. The number of nitrogens with one attached hydrogen (secondary N) is 1. The first-order valence-electron chi connectivity index (χ1n) is 6.73. The fourth-order valence-electron chi connectivity index (χ4n) is 2.61. The van der Waals surface area contributed by atoms with Crippen LogP contribution in [0.3, 0.4) is 0 Å². The molecule has 2 rings (SSSR count). The molecule has 2 atom stereocenters. The van der Waals surface area contributed by atoms with E-state index in [0.29, 0.717) is 18.4 Å². The SMILES string of the molecule is CC1CCC(CNS(=O)(=O)c2cccc(S(=O)(=O)Cl)c2)C1. The zero-order valence-electron chi connectivity index (χ0n) is 11.6. The maximum atomic E-state index is 12.2. The first-order valence-corrected chi connectivity index (χ1v) is 10.5. The molecule has 0 spiro atoms. The molecule has 0 amide bonds. The van der Waals surface area contributed by atoms with E-state index in [9.17, 15) is 16.8 Å². The van der Waals surface area contributed by atoms with E-state index in [-0.39, 0.29) is 9.79 Å². The number of halogens is 1. The molecular formula is C13H18ClNO4S2. The molecule has 0 aliphatic heterocycles. The number of hydrogen-bond donors (Lipinski definition) is 1. The average molecular weight is 352 g/mol. The Kier molecular flexibility index (Phi) is 4.97. The summed E-state index contributed by atoms with van der Waals surface area (Å²) in [5, 5.41) is 0. The average Bonchev–Trinajstić information content (AvgIpc) is 2.82. The fraction of sp³-hybridized carbons (Fsp3) is 0.538. The van der Waals surface area contributed by atoms with Crippen molar-refractivity contribution in [1.29, 1.82) is 0 Å². The van der Waals surface area contributed by atoms with Crippen LogP contribution in [0.15, 0.2) is 34.1 Å². The Morgan fingerprint density at radius 2 is 1.86 bits per heavy atom. The molecule has 1 aliphatic carbocycles. The Bertz CT molecular complexity index is 715. The van der Waals surface area contributed by atoms with Crippen LogP contribution in [0.5, 0.6) is 0 Å². The van der Waals surface area contributed by atoms with E-state index in [4.69, 9.17) is 10.7 Å². The van der Waals surface area contributed by atoms with Crippen molar-refractivity contribution in [3.63, 3.8) is 0 Å². The Hall–Kier alpha value is -0.630. The molecule has 5 nitrogen and oxygen atoms in total. The first-order chi connectivity index (χ1) is 9.68. The molecule has 1 aromatic rings. The third kappa shape index (κ3) is 4.42. The van der Waals surface area contributed by atoms with Crippen LogP contribution in [-0.2, 0) is 19.1 Å². The molecular weight excluding hydrogens is 334 g/mol. The van der Waals surface area contributed by atoms with Crippen molar-refractivity contribution in [2.45, 2.75) is 36.0 Å². The fourth-order valence-corrected chi connectivity index (χ4v) is 4.65. The van der Waals surface area contributed by atoms with Crippen LogP contribution in [0.1, 0.15) is 26.2 Å². The van der Waals surface area contributed by atoms with E-state index in [2.05, 4.69) is 11.6 Å². The molecule has 0 radical (unpaired) electrons. The molecule has 0 saturated heterocycles. The van der Waals surface area contributed by atoms with Gasteiger partial charge in [0.25, 0.3) is 9.05 Å². The second-order valence-corrected chi connectivity index (χ2v) is 9.88. The Labute approximate surface area is 130 Å². The minimum Gasteiger partial charge on any atom is -0.211 e. The van der Waals surface area contributed by atoms with Crippen molar-refractivity contribution in [1.82, 2.24) is 4.72 Å². The van der Waals surface area contributed by atoms with Crippen LogP contribution in [0.2, 0.25) is 0 Å². The minimum atomic E-state index is -3.94. The van der Waals surface area contributed by atoms with E-state index in [1.54, 1.807) is 0 Å². The van der Waals surface area contributed by atoms with E-state index >= 15 is 0 Å². The molecule has 0 bridgehead atoms. The quantitative estimate of drug-likeness (QED) is 0.825. The van der Waals surface area contributed by atoms with Crippen LogP contribution in [0.25, 0.3) is 0 Å². The number of hydrogen-bond acceptors (Lipinski definition) is 4. The lowest BCUT2D eigenvalue weighted by Crippen LogP contribution is -2.28. The van der Waals surface area contributed by atoms with Gasteiger partial charge in [0.05, 0.1) is 9.79 Å². The van der Waals surface area contributed by atoms with Gasteiger partial charge in [-0.15, -0.1) is 0 Å². The van der Waals surface area contributed by atoms with Crippen LogP contribution >= 0.6 is 10.7 Å². The highest BCUT2D eigenvalue weighted by Crippen LogP contribution is 2.30. The van der Waals surface area contributed by atoms with Crippen molar-refractivity contribution in [2.75, 3.05) is 6.54 Å². The van der Waals surface area contributed by atoms with Gasteiger partial charge in [-0.1, -0.05) is 19.4 Å². The summed E-state index contributed by atoms with van der Waals surface area (Å²) in [6.45, 7) is 2.54. The van der Waals surface area contributed by atoms with Crippen LogP contribution in [0, 0.1) is 11.8 Å². The molecule has 1 aromatic carbocycles. The largest absolute Gasteiger partial charge is 0.261 e. The molecule has 0 heterocycles. The Balaban J connectivity index is 2.12. The van der Waals surface area contributed by atoms with Crippen molar-refractivity contribution in [2.24, 2.45) is 11.8 Å². The zero-order valence-corrected chi connectivity index (χ0v) is 14.0. The van der Waals surface area contributed by atoms with E-state index in [1.165, 1.54) is 18.2 Å². The summed E-state index contributed by atoms with van der Waals surface area (Å²) in [5.74, 6) is 0.971. The normalized spacial score (nSPS) is 23.3. The number of rotatable bonds is 5. The van der Waals surface area contributed by atoms with Crippen LogP contribution < -0.4 is 4.72 Å². The number of sulfonamides is 1. The molecule has 8 heteroatoms. The number of benzene rings is 1. The lowest BCUT2D eigenvalue weighted by Gasteiger charge is -2.12. The van der Waals surface area contributed by atoms with Crippen molar-refractivity contribution < 1.29 is 16.8 Å². The van der Waals surface area contributed by atoms with E-state index in [1.807, 2.05) is 0 Å². The summed E-state index contributed by atoms with van der Waals surface area (Å²) in [6, 6.07) is 5.05. The first kappa shape index (κ1) is 16.7. The highest BCUT2D eigenvalue weighted by molar-refractivity contribution is 8.13. The summed E-state index contributed by atoms with van der Waals surface area (Å²) in [5.41, 5.74) is 0. The van der Waals surface area contributed by atoms with E-state index in [0.717, 1.165) is 25.3 Å². The summed E-state index contributed by atoms with van der Waals surface area (Å²) < 4.78 is 49.5. The molecule has 21 heavy (non-hydrogen) atoms. The van der Waals surface area contributed by atoms with Gasteiger partial charge in [-0.2, -0.15) is 0 Å². The Morgan fingerprint density at radius 1 is 1.19 bits per heavy atom. The predicted molar refractivity (Wildman–Crippen MR) is 81.2 cm³/mol. The maximum Gasteiger partial charge on any atom is 0.261 e. The van der Waals surface area contributed by atoms with Gasteiger partial charge in [-0.25, -0.2) is 21.6 Å². The van der Waals surface area contributed by atoms with Gasteiger partial charge in [0.1, 0.15) is 0 Å². The molecule has 2 unspecified atom stereocenters. The van der Waals surface area contributed by atoms with Crippen molar-refractivity contribution >= 4 is 29.8 Å². The predicted octanol–water partition coefficient (Wildman–Crippen LogP) is 2.33. The van der Waals surface area contributed by atoms with Crippen molar-refractivity contribution in [3.8, 4) is 0 Å². The lowest BCUT2D eigenvalue weighted by molar-refractivity contribution is 0.498. The maximum absolute atomic E-state index is 12.2. The topological polar surface area (TPSA) is 80.3 Å². The molecule has 118 valence electrons. The smallest absolute Gasteiger partial charge is 0.211 e. The third-order valence-electron chi connectivity index (χ3n) is 3.76. The van der Waals surface area contributed by atoms with Gasteiger partial charge >= 0.3 is 0 Å². The lowest BCUT2D eigenvalue weighted by atomic mass is 10.1. The minimum absolute atomic E-state index is 0.0877. The van der Waals surface area contributed by atoms with Gasteiger partial charge in [0.2, 0.25) is 10.0 Å². The van der Waals surface area contributed by atoms with Gasteiger partial charge in [0.15, 0.2) is 0 Å². The monoisotopic (exact) mass is 351 g/mol. The highest BCUT2D eigenvalue weighted by Gasteiger charge is 2.24. The van der Waals surface area contributed by atoms with Gasteiger partial charge in [-0.05, 0) is 42.9 Å². The second kappa shape index (κ2) is 6.24. The molecule has 1 saturated carbocycles. The standard InChI is InChI=1S/C13H18ClNO4S2/c1-10-5-6-11(7-10)9-15-21(18,19)13-4-2-3-12(8-13)20(14,16)17/h2-4,8,10-11,15H,5-7,9H2,1H3. The summed E-state index contributed by atoms with van der Waals surface area (Å²) in [6.07, 6.45) is 3.14. The van der Waals surface area contributed by atoms with Gasteiger partial charge in [0, 0.05) is 17.2 Å². The molecule has 1 N–H and O–H groups in total. The van der Waals surface area contributed by atoms with Crippen LogP contribution in [-0.4, -0.2) is 23.4 Å². The molecule has 1 fully saturated rings. The molecule has 0 aromatic heterocycles. The van der Waals surface area contributed by atoms with E-state index < -0.39 is 19.1 Å². The summed E-state index contributed by atoms with van der Waals surface area (Å²) >= 11 is 0. The second-order valence-electron chi connectivity index (χ2n) is 5.55. The van der Waals surface area contributed by atoms with Gasteiger partial charge in [-0.3, -0.25) is 0 Å². The third-order valence-corrected chi connectivity index (χ3v) is 6.54. The zero-order chi connectivity index (χ0) is 15.7. The summed E-state index contributed by atoms with van der Waals surface area (Å²) in [4.78, 5) is -0.309. The van der Waals surface area contributed by atoms with Crippen molar-refractivity contribution in [3.05, 3.63) is 24.3 Å².